The van der Waals surface area contributed by atoms with Crippen LogP contribution in [0, 0.1) is 5.92 Å². The van der Waals surface area contributed by atoms with E-state index in [9.17, 15) is 25.2 Å². The van der Waals surface area contributed by atoms with Crippen LogP contribution in [-0.4, -0.2) is 34.6 Å². The van der Waals surface area contributed by atoms with Crippen molar-refractivity contribution in [3.05, 3.63) is 92.9 Å². The van der Waals surface area contributed by atoms with Gasteiger partial charge in [-0.1, -0.05) is 23.8 Å². The lowest BCUT2D eigenvalue weighted by Crippen LogP contribution is -2.25. The minimum Gasteiger partial charge on any atom is -0.508 e. The second-order valence-corrected chi connectivity index (χ2v) is 10.3. The molecule has 2 aliphatic carbocycles. The van der Waals surface area contributed by atoms with Crippen LogP contribution in [0.2, 0.25) is 0 Å². The van der Waals surface area contributed by atoms with E-state index in [4.69, 9.17) is 13.9 Å². The molecule has 1 heterocycles. The molecule has 0 amide bonds. The van der Waals surface area contributed by atoms with Crippen LogP contribution in [0.1, 0.15) is 53.4 Å². The number of hydrogen-bond donors (Lipinski definition) is 4. The summed E-state index contributed by atoms with van der Waals surface area (Å²) in [5.41, 5.74) is 3.82. The van der Waals surface area contributed by atoms with Gasteiger partial charge in [-0.05, 0) is 66.1 Å². The molecule has 8 nitrogen and oxygen atoms in total. The van der Waals surface area contributed by atoms with Gasteiger partial charge in [-0.2, -0.15) is 0 Å². The van der Waals surface area contributed by atoms with Gasteiger partial charge in [0.1, 0.15) is 11.5 Å². The molecule has 0 spiro atoms. The van der Waals surface area contributed by atoms with Crippen molar-refractivity contribution in [2.75, 3.05) is 14.2 Å². The fourth-order valence-electron chi connectivity index (χ4n) is 6.75. The zero-order valence-electron chi connectivity index (χ0n) is 21.6. The van der Waals surface area contributed by atoms with Crippen molar-refractivity contribution in [2.45, 2.75) is 31.1 Å². The predicted octanol–water partition coefficient (Wildman–Crippen LogP) is 5.61. The Morgan fingerprint density at radius 2 is 1.69 bits per heavy atom. The molecule has 0 radical (unpaired) electrons. The normalized spacial score (nSPS) is 21.8. The molecule has 3 aromatic carbocycles. The van der Waals surface area contributed by atoms with Gasteiger partial charge in [0.05, 0.1) is 14.2 Å². The molecule has 0 bridgehead atoms. The Morgan fingerprint density at radius 1 is 0.897 bits per heavy atom. The van der Waals surface area contributed by atoms with Gasteiger partial charge in [-0.25, -0.2) is 4.79 Å². The van der Waals surface area contributed by atoms with Gasteiger partial charge in [0.25, 0.3) is 0 Å². The molecule has 4 atom stereocenters. The lowest BCUT2D eigenvalue weighted by atomic mass is 9.66. The standard InChI is InChI=1S/C31H28O8/c1-14-10-19(17-6-5-16(32)13-23(17)37-2)26-20(11-14)28-27(25(26)15-4-8-21(33)22(34)12-15)18-7-9-24(35)39-30(18)29(36)31(28)38-3/h4-9,11-13,19-20,25-26,32-34,36H,10H2,1-3H3. The van der Waals surface area contributed by atoms with Crippen LogP contribution in [0.4, 0.5) is 0 Å². The van der Waals surface area contributed by atoms with Gasteiger partial charge in [-0.15, -0.1) is 0 Å². The molecule has 6 rings (SSSR count). The molecule has 200 valence electrons. The summed E-state index contributed by atoms with van der Waals surface area (Å²) in [6, 6.07) is 12.9. The zero-order valence-corrected chi connectivity index (χ0v) is 21.6. The number of allylic oxidation sites excluding steroid dienone is 2. The first kappa shape index (κ1) is 24.7. The lowest BCUT2D eigenvalue weighted by Gasteiger charge is -2.37. The van der Waals surface area contributed by atoms with Crippen LogP contribution in [0.25, 0.3) is 11.0 Å². The van der Waals surface area contributed by atoms with Crippen LogP contribution in [0.3, 0.4) is 0 Å². The SMILES string of the molecule is COc1cc(O)ccc1C1CC(C)=CC2c3c(OC)c(O)c4oc(=O)ccc4c3C(c3ccc(O)c(O)c3)C21. The van der Waals surface area contributed by atoms with E-state index in [0.29, 0.717) is 17.6 Å². The molecule has 2 aliphatic rings. The van der Waals surface area contributed by atoms with E-state index in [2.05, 4.69) is 13.0 Å². The molecule has 4 unspecified atom stereocenters. The van der Waals surface area contributed by atoms with Crippen molar-refractivity contribution in [1.29, 1.82) is 0 Å². The summed E-state index contributed by atoms with van der Waals surface area (Å²) in [4.78, 5) is 12.2. The highest BCUT2D eigenvalue weighted by Gasteiger charge is 2.50. The maximum atomic E-state index is 12.2. The number of hydrogen-bond acceptors (Lipinski definition) is 8. The van der Waals surface area contributed by atoms with Crippen molar-refractivity contribution in [1.82, 2.24) is 0 Å². The summed E-state index contributed by atoms with van der Waals surface area (Å²) >= 11 is 0. The van der Waals surface area contributed by atoms with Crippen molar-refractivity contribution >= 4 is 11.0 Å². The number of benzene rings is 3. The van der Waals surface area contributed by atoms with E-state index in [-0.39, 0.29) is 58.0 Å². The molecule has 39 heavy (non-hydrogen) atoms. The molecule has 1 aromatic heterocycles. The molecule has 0 saturated carbocycles. The van der Waals surface area contributed by atoms with Crippen LogP contribution < -0.4 is 15.1 Å². The van der Waals surface area contributed by atoms with E-state index >= 15 is 0 Å². The number of fused-ring (bicyclic) bond motifs is 5. The third-order valence-electron chi connectivity index (χ3n) is 8.18. The molecule has 0 saturated heterocycles. The Labute approximate surface area is 224 Å². The molecule has 8 heteroatoms. The Morgan fingerprint density at radius 3 is 2.41 bits per heavy atom. The third kappa shape index (κ3) is 3.70. The Kier molecular flexibility index (Phi) is 5.71. The monoisotopic (exact) mass is 528 g/mol. The zero-order chi connectivity index (χ0) is 27.6. The summed E-state index contributed by atoms with van der Waals surface area (Å²) < 4.78 is 16.9. The van der Waals surface area contributed by atoms with Crippen LogP contribution in [0.15, 0.2) is 69.4 Å². The minimum atomic E-state index is -0.600. The molecular formula is C31H28O8. The average molecular weight is 529 g/mol. The van der Waals surface area contributed by atoms with Crippen LogP contribution >= 0.6 is 0 Å². The van der Waals surface area contributed by atoms with E-state index in [1.54, 1.807) is 37.4 Å². The number of aromatic hydroxyl groups is 4. The number of rotatable bonds is 4. The molecule has 0 aliphatic heterocycles. The maximum absolute atomic E-state index is 12.2. The van der Waals surface area contributed by atoms with Crippen molar-refractivity contribution < 1.29 is 34.3 Å². The molecule has 0 fully saturated rings. The number of methoxy groups -OCH3 is 2. The van der Waals surface area contributed by atoms with Crippen LogP contribution in [-0.2, 0) is 0 Å². The second-order valence-electron chi connectivity index (χ2n) is 10.3. The Balaban J connectivity index is 1.72. The summed E-state index contributed by atoms with van der Waals surface area (Å²) in [5.74, 6) is -0.644. The van der Waals surface area contributed by atoms with Gasteiger partial charge in [-0.3, -0.25) is 0 Å². The topological polar surface area (TPSA) is 130 Å². The maximum Gasteiger partial charge on any atom is 0.336 e. The average Bonchev–Trinajstić information content (AvgIpc) is 3.25. The quantitative estimate of drug-likeness (QED) is 0.153. The Hall–Kier alpha value is -4.59. The largest absolute Gasteiger partial charge is 0.508 e. The highest BCUT2D eigenvalue weighted by Crippen LogP contribution is 2.65. The van der Waals surface area contributed by atoms with E-state index in [1.165, 1.54) is 19.2 Å². The van der Waals surface area contributed by atoms with Gasteiger partial charge >= 0.3 is 5.63 Å². The van der Waals surface area contributed by atoms with Gasteiger partial charge in [0.15, 0.2) is 22.8 Å². The van der Waals surface area contributed by atoms with Gasteiger partial charge in [0.2, 0.25) is 5.75 Å². The summed E-state index contributed by atoms with van der Waals surface area (Å²) in [5, 5.41) is 42.5. The summed E-state index contributed by atoms with van der Waals surface area (Å²) in [6.07, 6.45) is 2.89. The second kappa shape index (κ2) is 9.01. The van der Waals surface area contributed by atoms with Gasteiger partial charge in [0, 0.05) is 34.9 Å². The van der Waals surface area contributed by atoms with Gasteiger partial charge < -0.3 is 34.3 Å². The van der Waals surface area contributed by atoms with E-state index in [1.807, 2.05) is 6.07 Å². The minimum absolute atomic E-state index is 0.0317. The summed E-state index contributed by atoms with van der Waals surface area (Å²) in [6.45, 7) is 2.06. The predicted molar refractivity (Wildman–Crippen MR) is 144 cm³/mol. The van der Waals surface area contributed by atoms with Crippen molar-refractivity contribution in [3.8, 4) is 34.5 Å². The molecule has 4 aromatic rings. The first-order chi connectivity index (χ1) is 18.7. The first-order valence-electron chi connectivity index (χ1n) is 12.7. The fourth-order valence-corrected chi connectivity index (χ4v) is 6.75. The fraction of sp³-hybridized carbons (Fsp3) is 0.258. The molecular weight excluding hydrogens is 500 g/mol. The lowest BCUT2D eigenvalue weighted by molar-refractivity contribution is 0.330. The van der Waals surface area contributed by atoms with E-state index < -0.39 is 5.63 Å². The smallest absolute Gasteiger partial charge is 0.336 e. The summed E-state index contributed by atoms with van der Waals surface area (Å²) in [7, 11) is 3.04. The van der Waals surface area contributed by atoms with Crippen molar-refractivity contribution in [2.24, 2.45) is 5.92 Å². The highest BCUT2D eigenvalue weighted by molar-refractivity contribution is 5.92. The number of phenols is 4. The van der Waals surface area contributed by atoms with E-state index in [0.717, 1.165) is 27.8 Å². The van der Waals surface area contributed by atoms with Crippen molar-refractivity contribution in [3.63, 3.8) is 0 Å². The highest BCUT2D eigenvalue weighted by atomic mass is 16.5. The number of phenolic OH excluding ortho intramolecular Hbond substituents is 4. The molecule has 4 N–H and O–H groups in total. The Bertz CT molecular complexity index is 1720. The first-order valence-corrected chi connectivity index (χ1v) is 12.7. The number of ether oxygens (including phenoxy) is 2. The third-order valence-corrected chi connectivity index (χ3v) is 8.18. The van der Waals surface area contributed by atoms with Crippen LogP contribution in [0.5, 0.6) is 34.5 Å².